The van der Waals surface area contributed by atoms with Crippen molar-refractivity contribution in [1.82, 2.24) is 15.1 Å². The largest absolute Gasteiger partial charge is 0.368 e. The first kappa shape index (κ1) is 15.0. The number of carbonyl (C=O) groups is 1. The first-order valence-corrected chi connectivity index (χ1v) is 8.87. The Morgan fingerprint density at radius 3 is 2.54 bits per heavy atom. The zero-order chi connectivity index (χ0) is 16.4. The maximum Gasteiger partial charge on any atom is 0.257 e. The van der Waals surface area contributed by atoms with Crippen molar-refractivity contribution in [3.63, 3.8) is 0 Å². The summed E-state index contributed by atoms with van der Waals surface area (Å²) in [6, 6.07) is 14.3. The average molecular weight is 338 g/mol. The molecule has 0 unspecified atom stereocenters. The van der Waals surface area contributed by atoms with Crippen molar-refractivity contribution in [3.05, 3.63) is 59.6 Å². The second-order valence-electron chi connectivity index (χ2n) is 5.75. The number of rotatable bonds is 3. The van der Waals surface area contributed by atoms with Gasteiger partial charge in [0.25, 0.3) is 5.91 Å². The molecule has 4 rings (SSSR count). The molecule has 122 valence electrons. The molecule has 3 heterocycles. The van der Waals surface area contributed by atoms with Crippen LogP contribution in [0.2, 0.25) is 0 Å². The van der Waals surface area contributed by atoms with Crippen molar-refractivity contribution < 1.29 is 4.79 Å². The second kappa shape index (κ2) is 6.49. The summed E-state index contributed by atoms with van der Waals surface area (Å²) in [6.07, 6.45) is 1.64. The van der Waals surface area contributed by atoms with E-state index in [1.165, 1.54) is 5.69 Å². The van der Waals surface area contributed by atoms with E-state index in [0.29, 0.717) is 5.56 Å². The maximum absolute atomic E-state index is 12.9. The van der Waals surface area contributed by atoms with E-state index in [0.717, 1.165) is 36.8 Å². The molecule has 1 aromatic carbocycles. The van der Waals surface area contributed by atoms with Gasteiger partial charge in [-0.15, -0.1) is 11.3 Å². The molecule has 0 radical (unpaired) electrons. The molecule has 0 aliphatic carbocycles. The van der Waals surface area contributed by atoms with Crippen LogP contribution < -0.4 is 4.90 Å². The minimum absolute atomic E-state index is 0.0554. The standard InChI is InChI=1S/C18H18N4OS/c23-18(15-13-19-20-17(15)16-7-4-12-24-16)22-10-8-21(9-11-22)14-5-2-1-3-6-14/h1-7,12-13H,8-11H2,(H,19,20). The number of aromatic nitrogens is 2. The number of nitrogens with one attached hydrogen (secondary N) is 1. The number of nitrogens with zero attached hydrogens (tertiary/aromatic N) is 3. The van der Waals surface area contributed by atoms with Gasteiger partial charge in [0.05, 0.1) is 22.3 Å². The fourth-order valence-corrected chi connectivity index (χ4v) is 3.77. The molecule has 1 aliphatic rings. The summed E-state index contributed by atoms with van der Waals surface area (Å²) in [4.78, 5) is 18.1. The molecule has 0 atom stereocenters. The molecule has 1 aliphatic heterocycles. The van der Waals surface area contributed by atoms with E-state index >= 15 is 0 Å². The molecule has 1 amide bonds. The molecule has 2 aromatic heterocycles. The van der Waals surface area contributed by atoms with Crippen molar-refractivity contribution in [2.45, 2.75) is 0 Å². The number of benzene rings is 1. The molecular weight excluding hydrogens is 320 g/mol. The second-order valence-corrected chi connectivity index (χ2v) is 6.70. The fraction of sp³-hybridized carbons (Fsp3) is 0.222. The lowest BCUT2D eigenvalue weighted by molar-refractivity contribution is 0.0747. The van der Waals surface area contributed by atoms with Gasteiger partial charge in [-0.3, -0.25) is 9.89 Å². The van der Waals surface area contributed by atoms with Gasteiger partial charge in [0.1, 0.15) is 0 Å². The van der Waals surface area contributed by atoms with E-state index in [4.69, 9.17) is 0 Å². The van der Waals surface area contributed by atoms with Crippen LogP contribution in [0.3, 0.4) is 0 Å². The minimum atomic E-state index is 0.0554. The van der Waals surface area contributed by atoms with Crippen molar-refractivity contribution >= 4 is 22.9 Å². The van der Waals surface area contributed by atoms with E-state index in [1.54, 1.807) is 17.5 Å². The van der Waals surface area contributed by atoms with Crippen molar-refractivity contribution in [1.29, 1.82) is 0 Å². The third-order valence-electron chi connectivity index (χ3n) is 4.33. The fourth-order valence-electron chi connectivity index (χ4n) is 3.03. The lowest BCUT2D eigenvalue weighted by Gasteiger charge is -2.36. The van der Waals surface area contributed by atoms with Gasteiger partial charge in [-0.25, -0.2) is 0 Å². The smallest absolute Gasteiger partial charge is 0.257 e. The number of hydrogen-bond acceptors (Lipinski definition) is 4. The molecule has 1 fully saturated rings. The predicted octanol–water partition coefficient (Wildman–Crippen LogP) is 3.10. The van der Waals surface area contributed by atoms with Gasteiger partial charge >= 0.3 is 0 Å². The highest BCUT2D eigenvalue weighted by Gasteiger charge is 2.25. The third-order valence-corrected chi connectivity index (χ3v) is 5.21. The van der Waals surface area contributed by atoms with Crippen LogP contribution in [0.1, 0.15) is 10.4 Å². The van der Waals surface area contributed by atoms with Gasteiger partial charge < -0.3 is 9.80 Å². The maximum atomic E-state index is 12.9. The summed E-state index contributed by atoms with van der Waals surface area (Å²) in [7, 11) is 0. The van der Waals surface area contributed by atoms with Gasteiger partial charge in [-0.05, 0) is 23.6 Å². The van der Waals surface area contributed by atoms with Gasteiger partial charge in [0.15, 0.2) is 0 Å². The van der Waals surface area contributed by atoms with Crippen molar-refractivity contribution in [3.8, 4) is 10.6 Å². The molecule has 24 heavy (non-hydrogen) atoms. The lowest BCUT2D eigenvalue weighted by atomic mass is 10.1. The normalized spacial score (nSPS) is 14.8. The number of hydrogen-bond donors (Lipinski definition) is 1. The Labute approximate surface area is 144 Å². The average Bonchev–Trinajstić information content (AvgIpc) is 3.33. The monoisotopic (exact) mass is 338 g/mol. The van der Waals surface area contributed by atoms with Gasteiger partial charge in [0, 0.05) is 31.9 Å². The van der Waals surface area contributed by atoms with Crippen LogP contribution in [0.25, 0.3) is 10.6 Å². The minimum Gasteiger partial charge on any atom is -0.368 e. The first-order valence-electron chi connectivity index (χ1n) is 7.99. The topological polar surface area (TPSA) is 52.2 Å². The summed E-state index contributed by atoms with van der Waals surface area (Å²) in [6.45, 7) is 3.15. The van der Waals surface area contributed by atoms with Crippen LogP contribution >= 0.6 is 11.3 Å². The van der Waals surface area contributed by atoms with Gasteiger partial charge in [-0.1, -0.05) is 24.3 Å². The highest BCUT2D eigenvalue weighted by Crippen LogP contribution is 2.27. The van der Waals surface area contributed by atoms with Crippen molar-refractivity contribution in [2.75, 3.05) is 31.1 Å². The Morgan fingerprint density at radius 2 is 1.83 bits per heavy atom. The number of piperazine rings is 1. The molecule has 1 N–H and O–H groups in total. The molecule has 3 aromatic rings. The summed E-state index contributed by atoms with van der Waals surface area (Å²) < 4.78 is 0. The van der Waals surface area contributed by atoms with E-state index in [2.05, 4.69) is 27.2 Å². The van der Waals surface area contributed by atoms with E-state index in [-0.39, 0.29) is 5.91 Å². The molecular formula is C18H18N4OS. The van der Waals surface area contributed by atoms with Crippen LogP contribution in [0.4, 0.5) is 5.69 Å². The number of carbonyl (C=O) groups excluding carboxylic acids is 1. The Morgan fingerprint density at radius 1 is 1.04 bits per heavy atom. The van der Waals surface area contributed by atoms with Crippen LogP contribution in [0, 0.1) is 0 Å². The van der Waals surface area contributed by atoms with Gasteiger partial charge in [0.2, 0.25) is 0 Å². The van der Waals surface area contributed by atoms with Crippen LogP contribution in [0.5, 0.6) is 0 Å². The van der Waals surface area contributed by atoms with E-state index in [1.807, 2.05) is 40.6 Å². The Kier molecular flexibility index (Phi) is 4.04. The number of thiophene rings is 1. The molecule has 6 heteroatoms. The van der Waals surface area contributed by atoms with Crippen LogP contribution in [0.15, 0.2) is 54.0 Å². The zero-order valence-corrected chi connectivity index (χ0v) is 14.0. The summed E-state index contributed by atoms with van der Waals surface area (Å²) in [5.41, 5.74) is 2.69. The zero-order valence-electron chi connectivity index (χ0n) is 13.2. The summed E-state index contributed by atoms with van der Waals surface area (Å²) >= 11 is 1.61. The van der Waals surface area contributed by atoms with E-state index < -0.39 is 0 Å². The third kappa shape index (κ3) is 2.80. The highest BCUT2D eigenvalue weighted by molar-refractivity contribution is 7.13. The van der Waals surface area contributed by atoms with E-state index in [9.17, 15) is 4.79 Å². The van der Waals surface area contributed by atoms with Crippen LogP contribution in [-0.4, -0.2) is 47.2 Å². The van der Waals surface area contributed by atoms with Crippen molar-refractivity contribution in [2.24, 2.45) is 0 Å². The molecule has 0 spiro atoms. The Bertz CT molecular complexity index is 805. The number of amides is 1. The quantitative estimate of drug-likeness (QED) is 0.798. The Hall–Kier alpha value is -2.60. The molecule has 0 saturated carbocycles. The molecule has 1 saturated heterocycles. The number of anilines is 1. The predicted molar refractivity (Wildman–Crippen MR) is 96.5 cm³/mol. The SMILES string of the molecule is O=C(c1cn[nH]c1-c1cccs1)N1CCN(c2ccccc2)CC1. The first-order chi connectivity index (χ1) is 11.8. The van der Waals surface area contributed by atoms with Crippen LogP contribution in [-0.2, 0) is 0 Å². The number of H-pyrrole nitrogens is 1. The number of aromatic amines is 1. The van der Waals surface area contributed by atoms with Gasteiger partial charge in [-0.2, -0.15) is 5.10 Å². The summed E-state index contributed by atoms with van der Waals surface area (Å²) in [5.74, 6) is 0.0554. The lowest BCUT2D eigenvalue weighted by Crippen LogP contribution is -2.48. The highest BCUT2D eigenvalue weighted by atomic mass is 32.1. The summed E-state index contributed by atoms with van der Waals surface area (Å²) in [5, 5.41) is 9.05. The molecule has 0 bridgehead atoms. The molecule has 5 nitrogen and oxygen atoms in total. The Balaban J connectivity index is 1.47. The number of para-hydroxylation sites is 1.